The van der Waals surface area contributed by atoms with Gasteiger partial charge in [-0.1, -0.05) is 0 Å². The maximum absolute atomic E-state index is 9.14. The molecule has 0 amide bonds. The molecule has 0 aromatic rings. The zero-order chi connectivity index (χ0) is 6.08. The summed E-state index contributed by atoms with van der Waals surface area (Å²) in [5, 5.41) is 9.02. The second kappa shape index (κ2) is 12.6. The molecule has 0 saturated heterocycles. The summed E-state index contributed by atoms with van der Waals surface area (Å²) in [6.45, 7) is 0. The maximum atomic E-state index is 9.14. The van der Waals surface area contributed by atoms with Crippen LogP contribution in [0.2, 0.25) is 0 Å². The molecule has 6 nitrogen and oxygen atoms in total. The van der Waals surface area contributed by atoms with Crippen molar-refractivity contribution in [3.05, 3.63) is 0 Å². The first-order valence-electron chi connectivity index (χ1n) is 1.18. The minimum absolute atomic E-state index is 0. The Labute approximate surface area is 129 Å². The van der Waals surface area contributed by atoms with Gasteiger partial charge in [0.1, 0.15) is 0 Å². The third kappa shape index (κ3) is 19.1. The van der Waals surface area contributed by atoms with E-state index in [9.17, 15) is 0 Å². The molecule has 50 valence electrons. The second-order valence-corrected chi connectivity index (χ2v) is 2.12. The van der Waals surface area contributed by atoms with Crippen LogP contribution in [0.4, 0.5) is 4.79 Å². The van der Waals surface area contributed by atoms with Crippen molar-refractivity contribution in [2.45, 2.75) is 0 Å². The van der Waals surface area contributed by atoms with Gasteiger partial charge in [-0.15, -0.1) is 0 Å². The van der Waals surface area contributed by atoms with Gasteiger partial charge in [0.25, 0.3) is 0 Å². The van der Waals surface area contributed by atoms with Crippen LogP contribution in [0.3, 0.4) is 0 Å². The van der Waals surface area contributed by atoms with E-state index < -0.39 is 13.3 Å². The third-order valence-corrected chi connectivity index (χ3v) is 0.671. The first kappa shape index (κ1) is 29.2. The van der Waals surface area contributed by atoms with Gasteiger partial charge in [0.05, 0.1) is 5.71 Å². The van der Waals surface area contributed by atoms with Crippen LogP contribution in [0.25, 0.3) is 0 Å². The Morgan fingerprint density at radius 3 is 1.18 bits per heavy atom. The van der Waals surface area contributed by atoms with E-state index >= 15 is 0 Å². The second-order valence-electron chi connectivity index (χ2n) is 0.763. The van der Waals surface area contributed by atoms with Crippen molar-refractivity contribution in [2.75, 3.05) is 0 Å². The molecule has 0 rings (SSSR count). The monoisotopic (exact) mass is 210 g/mol. The van der Waals surface area contributed by atoms with E-state index in [0.29, 0.717) is 0 Å². The molecule has 2 N–H and O–H groups in total. The topological polar surface area (TPSA) is 135 Å². The number of carboxylic acid groups (broad SMARTS) is 1. The van der Waals surface area contributed by atoms with Crippen LogP contribution < -0.4 is 104 Å². The molecule has 0 bridgehead atoms. The van der Waals surface area contributed by atoms with Gasteiger partial charge in [0, 0.05) is 0 Å². The number of hydrogen-bond acceptors (Lipinski definition) is 5. The maximum Gasteiger partial charge on any atom is 1.00 e. The SMILES string of the molecule is O.O=C([O-])P(=O)([O-])[O-].[Na+].[Na+].[Na+]. The van der Waals surface area contributed by atoms with E-state index in [-0.39, 0.29) is 94.1 Å². The normalized spacial score (nSPS) is 7.09. The Balaban J connectivity index is -0.0000000300. The van der Waals surface area contributed by atoms with Crippen LogP contribution in [0.5, 0.6) is 0 Å². The molecule has 0 radical (unpaired) electrons. The summed E-state index contributed by atoms with van der Waals surface area (Å²) in [7, 11) is -5.43. The number of hydrogen-bond donors (Lipinski definition) is 0. The predicted molar refractivity (Wildman–Crippen MR) is 16.6 cm³/mol. The van der Waals surface area contributed by atoms with Crippen LogP contribution in [-0.2, 0) is 4.57 Å². The molecule has 0 aliphatic heterocycles. The molecule has 0 aromatic heterocycles. The Morgan fingerprint density at radius 1 is 1.09 bits per heavy atom. The molecule has 10 heteroatoms. The molecule has 0 atom stereocenters. The molecule has 0 aliphatic rings. The van der Waals surface area contributed by atoms with Crippen LogP contribution in [0.15, 0.2) is 0 Å². The van der Waals surface area contributed by atoms with Gasteiger partial charge < -0.3 is 29.7 Å². The standard InChI is InChI=1S/CH3O5P.3Na.H2O/c2-1(3)7(4,5)6;;;;/h(H,2,3)(H2,4,5,6);;;;1H2/q;3*+1;/p-3. The van der Waals surface area contributed by atoms with E-state index in [1.165, 1.54) is 0 Å². The summed E-state index contributed by atoms with van der Waals surface area (Å²) < 4.78 is 9.14. The van der Waals surface area contributed by atoms with E-state index in [0.717, 1.165) is 0 Å². The molecule has 0 aromatic carbocycles. The average molecular weight is 210 g/mol. The van der Waals surface area contributed by atoms with Gasteiger partial charge in [0.2, 0.25) is 0 Å². The average Bonchev–Trinajstić information content (AvgIpc) is 1.31. The number of rotatable bonds is 1. The molecule has 0 saturated carbocycles. The third-order valence-electron chi connectivity index (χ3n) is 0.224. The van der Waals surface area contributed by atoms with Crippen molar-refractivity contribution in [3.8, 4) is 0 Å². The fourth-order valence-corrected chi connectivity index (χ4v) is 0. The van der Waals surface area contributed by atoms with Crippen molar-refractivity contribution in [3.63, 3.8) is 0 Å². The van der Waals surface area contributed by atoms with Crippen molar-refractivity contribution < 1.29 is 118 Å². The first-order chi connectivity index (χ1) is 2.94. The predicted octanol–water partition coefficient (Wildman–Crippen LogP) is -12.6. The molecule has 0 heterocycles. The Morgan fingerprint density at radius 2 is 1.18 bits per heavy atom. The van der Waals surface area contributed by atoms with Crippen LogP contribution in [-0.4, -0.2) is 11.2 Å². The van der Waals surface area contributed by atoms with Crippen LogP contribution in [0, 0.1) is 0 Å². The Hall–Kier alpha value is 2.58. The van der Waals surface area contributed by atoms with E-state index in [4.69, 9.17) is 24.3 Å². The summed E-state index contributed by atoms with van der Waals surface area (Å²) in [4.78, 5) is 27.3. The number of carbonyl (C=O) groups excluding carboxylic acids is 1. The van der Waals surface area contributed by atoms with E-state index in [1.54, 1.807) is 0 Å². The molecule has 0 spiro atoms. The molecular weight excluding hydrogens is 208 g/mol. The largest absolute Gasteiger partial charge is 1.00 e. The summed E-state index contributed by atoms with van der Waals surface area (Å²) in [6, 6.07) is 0. The minimum Gasteiger partial charge on any atom is -0.807 e. The summed E-state index contributed by atoms with van der Waals surface area (Å²) in [6.07, 6.45) is 0. The van der Waals surface area contributed by atoms with Gasteiger partial charge in [-0.2, -0.15) is 0 Å². The summed E-state index contributed by atoms with van der Waals surface area (Å²) >= 11 is 0. The van der Waals surface area contributed by atoms with Crippen molar-refractivity contribution in [1.29, 1.82) is 0 Å². The van der Waals surface area contributed by atoms with Gasteiger partial charge in [-0.25, -0.2) is 0 Å². The van der Waals surface area contributed by atoms with Crippen molar-refractivity contribution in [2.24, 2.45) is 0 Å². The zero-order valence-electron chi connectivity index (χ0n) is 6.49. The molecule has 11 heavy (non-hydrogen) atoms. The Bertz CT molecular complexity index is 130. The molecular formula is CH2Na3O6P. The fraction of sp³-hybridized carbons (Fsp3) is 0. The van der Waals surface area contributed by atoms with Gasteiger partial charge >= 0.3 is 88.7 Å². The zero-order valence-corrected chi connectivity index (χ0v) is 13.4. The van der Waals surface area contributed by atoms with Crippen LogP contribution >= 0.6 is 7.60 Å². The first-order valence-corrected chi connectivity index (χ1v) is 2.72. The molecule has 0 aliphatic carbocycles. The van der Waals surface area contributed by atoms with Crippen LogP contribution in [0.1, 0.15) is 0 Å². The molecule has 0 unspecified atom stereocenters. The smallest absolute Gasteiger partial charge is 0.807 e. The van der Waals surface area contributed by atoms with Crippen molar-refractivity contribution >= 4 is 13.3 Å². The minimum atomic E-state index is -5.43. The van der Waals surface area contributed by atoms with E-state index in [1.807, 2.05) is 0 Å². The fourth-order valence-electron chi connectivity index (χ4n) is 0. The van der Waals surface area contributed by atoms with Gasteiger partial charge in [-0.3, -0.25) is 0 Å². The molecule has 0 fully saturated rings. The van der Waals surface area contributed by atoms with E-state index in [2.05, 4.69) is 0 Å². The van der Waals surface area contributed by atoms with Gasteiger partial charge in [-0.05, 0) is 7.60 Å². The van der Waals surface area contributed by atoms with Gasteiger partial charge in [0.15, 0.2) is 0 Å². The Kier molecular flexibility index (Phi) is 33.4. The number of carbonyl (C=O) groups is 1. The van der Waals surface area contributed by atoms with Crippen molar-refractivity contribution in [1.82, 2.24) is 0 Å². The quantitative estimate of drug-likeness (QED) is 0.312. The summed E-state index contributed by atoms with van der Waals surface area (Å²) in [5.41, 5.74) is -2.56. The summed E-state index contributed by atoms with van der Waals surface area (Å²) in [5.74, 6) is 0.